The minimum absolute atomic E-state index is 0.0994. The number of nitrogens with one attached hydrogen (secondary N) is 1. The fraction of sp³-hybridized carbons (Fsp3) is 0.130. The SMILES string of the molecule is Cc1cccn2c(NC(=O)CSCc3ccc(F)cc3)c(-c3ccccc3)nc12. The minimum Gasteiger partial charge on any atom is -0.309 e. The van der Waals surface area contributed by atoms with E-state index >= 15 is 0 Å². The molecule has 4 aromatic rings. The molecule has 0 saturated carbocycles. The highest BCUT2D eigenvalue weighted by molar-refractivity contribution is 7.99. The summed E-state index contributed by atoms with van der Waals surface area (Å²) in [7, 11) is 0. The molecule has 2 aromatic heterocycles. The maximum absolute atomic E-state index is 13.0. The predicted molar refractivity (Wildman–Crippen MR) is 117 cm³/mol. The molecule has 1 N–H and O–H groups in total. The van der Waals surface area contributed by atoms with Crippen molar-refractivity contribution in [2.24, 2.45) is 0 Å². The summed E-state index contributed by atoms with van der Waals surface area (Å²) in [6, 6.07) is 20.1. The summed E-state index contributed by atoms with van der Waals surface area (Å²) in [6.07, 6.45) is 1.91. The van der Waals surface area contributed by atoms with Gasteiger partial charge in [-0.05, 0) is 36.2 Å². The van der Waals surface area contributed by atoms with E-state index in [9.17, 15) is 9.18 Å². The Morgan fingerprint density at radius 1 is 1.07 bits per heavy atom. The van der Waals surface area contributed by atoms with Gasteiger partial charge in [0.25, 0.3) is 0 Å². The first kappa shape index (κ1) is 19.2. The van der Waals surface area contributed by atoms with Crippen LogP contribution in [0.3, 0.4) is 0 Å². The number of hydrogen-bond acceptors (Lipinski definition) is 3. The summed E-state index contributed by atoms with van der Waals surface area (Å²) in [5, 5.41) is 3.04. The zero-order valence-electron chi connectivity index (χ0n) is 15.9. The highest BCUT2D eigenvalue weighted by Crippen LogP contribution is 2.30. The summed E-state index contributed by atoms with van der Waals surface area (Å²) in [5.41, 5.74) is 4.54. The molecule has 0 aliphatic heterocycles. The quantitative estimate of drug-likeness (QED) is 0.472. The lowest BCUT2D eigenvalue weighted by atomic mass is 10.1. The number of amides is 1. The first-order chi connectivity index (χ1) is 14.1. The van der Waals surface area contributed by atoms with Crippen LogP contribution >= 0.6 is 11.8 Å². The van der Waals surface area contributed by atoms with E-state index in [-0.39, 0.29) is 11.7 Å². The van der Waals surface area contributed by atoms with E-state index in [4.69, 9.17) is 4.98 Å². The Labute approximate surface area is 172 Å². The van der Waals surface area contributed by atoms with Crippen LogP contribution in [0.15, 0.2) is 72.9 Å². The van der Waals surface area contributed by atoms with Gasteiger partial charge in [0.2, 0.25) is 5.91 Å². The molecular formula is C23H20FN3OS. The van der Waals surface area contributed by atoms with E-state index in [2.05, 4.69) is 5.32 Å². The van der Waals surface area contributed by atoms with E-state index in [1.165, 1.54) is 23.9 Å². The van der Waals surface area contributed by atoms with Gasteiger partial charge in [0.05, 0.1) is 5.75 Å². The molecule has 1 amide bonds. The van der Waals surface area contributed by atoms with Gasteiger partial charge in [0, 0.05) is 17.5 Å². The molecule has 0 spiro atoms. The minimum atomic E-state index is -0.257. The lowest BCUT2D eigenvalue weighted by Gasteiger charge is -2.08. The van der Waals surface area contributed by atoms with Crippen LogP contribution in [0.4, 0.5) is 10.2 Å². The van der Waals surface area contributed by atoms with E-state index < -0.39 is 0 Å². The summed E-state index contributed by atoms with van der Waals surface area (Å²) < 4.78 is 14.9. The fourth-order valence-corrected chi connectivity index (χ4v) is 3.92. The maximum atomic E-state index is 13.0. The van der Waals surface area contributed by atoms with Gasteiger partial charge in [-0.25, -0.2) is 9.37 Å². The number of pyridine rings is 1. The van der Waals surface area contributed by atoms with Crippen LogP contribution in [0.5, 0.6) is 0 Å². The third-order valence-corrected chi connectivity index (χ3v) is 5.57. The number of carbonyl (C=O) groups is 1. The number of aromatic nitrogens is 2. The molecule has 2 heterocycles. The standard InChI is InChI=1S/C23H20FN3OS/c1-16-6-5-13-27-22(16)26-21(18-7-3-2-4-8-18)23(27)25-20(28)15-29-14-17-9-11-19(24)12-10-17/h2-13H,14-15H2,1H3,(H,25,28). The number of imidazole rings is 1. The second-order valence-electron chi connectivity index (χ2n) is 6.73. The monoisotopic (exact) mass is 405 g/mol. The lowest BCUT2D eigenvalue weighted by Crippen LogP contribution is -2.16. The zero-order valence-corrected chi connectivity index (χ0v) is 16.7. The van der Waals surface area contributed by atoms with Gasteiger partial charge in [-0.3, -0.25) is 9.20 Å². The molecule has 146 valence electrons. The Hall–Kier alpha value is -3.12. The number of thioether (sulfide) groups is 1. The van der Waals surface area contributed by atoms with E-state index in [0.29, 0.717) is 17.3 Å². The number of hydrogen-bond donors (Lipinski definition) is 1. The average Bonchev–Trinajstić information content (AvgIpc) is 3.10. The van der Waals surface area contributed by atoms with Crippen molar-refractivity contribution in [3.63, 3.8) is 0 Å². The van der Waals surface area contributed by atoms with Gasteiger partial charge >= 0.3 is 0 Å². The van der Waals surface area contributed by atoms with Crippen molar-refractivity contribution in [2.75, 3.05) is 11.1 Å². The number of aryl methyl sites for hydroxylation is 1. The van der Waals surface area contributed by atoms with Crippen molar-refractivity contribution in [2.45, 2.75) is 12.7 Å². The molecule has 0 saturated heterocycles. The molecule has 0 atom stereocenters. The van der Waals surface area contributed by atoms with Crippen LogP contribution in [0, 0.1) is 12.7 Å². The highest BCUT2D eigenvalue weighted by atomic mass is 32.2. The van der Waals surface area contributed by atoms with Crippen molar-refractivity contribution in [1.82, 2.24) is 9.38 Å². The maximum Gasteiger partial charge on any atom is 0.235 e. The number of carbonyl (C=O) groups excluding carboxylic acids is 1. The van der Waals surface area contributed by atoms with E-state index in [1.54, 1.807) is 12.1 Å². The molecule has 0 aliphatic carbocycles. The Morgan fingerprint density at radius 3 is 2.59 bits per heavy atom. The van der Waals surface area contributed by atoms with Crippen molar-refractivity contribution in [1.29, 1.82) is 0 Å². The normalized spacial score (nSPS) is 11.0. The molecule has 4 nitrogen and oxygen atoms in total. The molecule has 6 heteroatoms. The molecule has 0 aliphatic rings. The van der Waals surface area contributed by atoms with Crippen molar-refractivity contribution in [3.05, 3.63) is 89.9 Å². The van der Waals surface area contributed by atoms with Gasteiger partial charge in [-0.15, -0.1) is 11.8 Å². The summed E-state index contributed by atoms with van der Waals surface area (Å²) in [6.45, 7) is 2.00. The molecule has 0 unspecified atom stereocenters. The van der Waals surface area contributed by atoms with Crippen LogP contribution in [0.2, 0.25) is 0 Å². The average molecular weight is 405 g/mol. The lowest BCUT2D eigenvalue weighted by molar-refractivity contribution is -0.113. The van der Waals surface area contributed by atoms with Crippen LogP contribution in [-0.4, -0.2) is 21.0 Å². The molecule has 0 bridgehead atoms. The van der Waals surface area contributed by atoms with Gasteiger partial charge in [0.15, 0.2) is 0 Å². The van der Waals surface area contributed by atoms with Gasteiger partial charge in [-0.1, -0.05) is 48.5 Å². The third-order valence-electron chi connectivity index (χ3n) is 4.57. The topological polar surface area (TPSA) is 46.4 Å². The van der Waals surface area contributed by atoms with E-state index in [1.807, 2.05) is 60.0 Å². The number of rotatable bonds is 6. The number of halogens is 1. The van der Waals surface area contributed by atoms with Gasteiger partial charge < -0.3 is 5.32 Å². The second-order valence-corrected chi connectivity index (χ2v) is 7.71. The van der Waals surface area contributed by atoms with E-state index in [0.717, 1.165) is 28.0 Å². The van der Waals surface area contributed by atoms with Crippen molar-refractivity contribution >= 4 is 29.1 Å². The van der Waals surface area contributed by atoms with Crippen LogP contribution in [0.1, 0.15) is 11.1 Å². The molecular weight excluding hydrogens is 385 g/mol. The Kier molecular flexibility index (Phi) is 5.62. The number of anilines is 1. The molecule has 0 radical (unpaired) electrons. The number of fused-ring (bicyclic) bond motifs is 1. The second kappa shape index (κ2) is 8.49. The van der Waals surface area contributed by atoms with Gasteiger partial charge in [-0.2, -0.15) is 0 Å². The largest absolute Gasteiger partial charge is 0.309 e. The fourth-order valence-electron chi connectivity index (χ4n) is 3.13. The Balaban J connectivity index is 1.54. The zero-order chi connectivity index (χ0) is 20.2. The highest BCUT2D eigenvalue weighted by Gasteiger charge is 2.17. The number of benzene rings is 2. The molecule has 4 rings (SSSR count). The molecule has 29 heavy (non-hydrogen) atoms. The summed E-state index contributed by atoms with van der Waals surface area (Å²) in [5.74, 6) is 1.25. The third kappa shape index (κ3) is 4.32. The Morgan fingerprint density at radius 2 is 1.83 bits per heavy atom. The first-order valence-corrected chi connectivity index (χ1v) is 10.4. The smallest absolute Gasteiger partial charge is 0.235 e. The van der Waals surface area contributed by atoms with Crippen molar-refractivity contribution < 1.29 is 9.18 Å². The van der Waals surface area contributed by atoms with Crippen molar-refractivity contribution in [3.8, 4) is 11.3 Å². The van der Waals surface area contributed by atoms with Crippen LogP contribution in [0.25, 0.3) is 16.9 Å². The van der Waals surface area contributed by atoms with Crippen LogP contribution < -0.4 is 5.32 Å². The molecule has 2 aromatic carbocycles. The summed E-state index contributed by atoms with van der Waals surface area (Å²) >= 11 is 1.49. The molecule has 0 fully saturated rings. The van der Waals surface area contributed by atoms with Gasteiger partial charge in [0.1, 0.15) is 23.0 Å². The van der Waals surface area contributed by atoms with Crippen LogP contribution in [-0.2, 0) is 10.5 Å². The Bertz CT molecular complexity index is 1140. The summed E-state index contributed by atoms with van der Waals surface area (Å²) in [4.78, 5) is 17.4. The number of nitrogens with zero attached hydrogens (tertiary/aromatic N) is 2. The predicted octanol–water partition coefficient (Wildman–Crippen LogP) is 5.32. The first-order valence-electron chi connectivity index (χ1n) is 9.27.